The minimum absolute atomic E-state index is 1.23. The molecule has 0 amide bonds. The van der Waals surface area contributed by atoms with Crippen LogP contribution in [-0.2, 0) is 0 Å². The van der Waals surface area contributed by atoms with E-state index >= 15 is 0 Å². The van der Waals surface area contributed by atoms with Gasteiger partial charge in [-0.25, -0.2) is 0 Å². The third-order valence-corrected chi connectivity index (χ3v) is 2.94. The number of hydrogen-bond donors (Lipinski definition) is 0. The van der Waals surface area contributed by atoms with Gasteiger partial charge >= 0.3 is 0 Å². The molecule has 0 spiro atoms. The number of aryl methyl sites for hydroxylation is 1. The van der Waals surface area contributed by atoms with E-state index in [4.69, 9.17) is 0 Å². The molecule has 15 heavy (non-hydrogen) atoms. The van der Waals surface area contributed by atoms with Gasteiger partial charge < -0.3 is 0 Å². The standard InChI is InChI=1S/C15H11/c1-11-14-8-4-2-6-12(14)10-13-7-3-5-9-15(11)13/h2-8,10H,1H3. The lowest BCUT2D eigenvalue weighted by molar-refractivity contribution is 1.58. The highest BCUT2D eigenvalue weighted by molar-refractivity contribution is 6.01. The van der Waals surface area contributed by atoms with Crippen LogP contribution in [0.4, 0.5) is 0 Å². The zero-order valence-corrected chi connectivity index (χ0v) is 8.62. The summed E-state index contributed by atoms with van der Waals surface area (Å²) in [6.45, 7) is 2.17. The van der Waals surface area contributed by atoms with Gasteiger partial charge in [-0.15, -0.1) is 0 Å². The van der Waals surface area contributed by atoms with E-state index in [1.807, 2.05) is 12.1 Å². The third kappa shape index (κ3) is 1.22. The number of benzene rings is 3. The summed E-state index contributed by atoms with van der Waals surface area (Å²) in [7, 11) is 0. The second kappa shape index (κ2) is 3.09. The first kappa shape index (κ1) is 8.49. The minimum atomic E-state index is 1.23. The molecule has 0 nitrogen and oxygen atoms in total. The molecule has 0 atom stereocenters. The van der Waals surface area contributed by atoms with Gasteiger partial charge in [0.2, 0.25) is 0 Å². The first-order valence-corrected chi connectivity index (χ1v) is 5.15. The van der Waals surface area contributed by atoms with Crippen molar-refractivity contribution in [2.45, 2.75) is 6.92 Å². The molecule has 0 bridgehead atoms. The summed E-state index contributed by atoms with van der Waals surface area (Å²) < 4.78 is 0. The fourth-order valence-electron chi connectivity index (χ4n) is 2.16. The van der Waals surface area contributed by atoms with E-state index in [0.29, 0.717) is 0 Å². The summed E-state index contributed by atoms with van der Waals surface area (Å²) in [6.07, 6.45) is 0. The Bertz CT molecular complexity index is 582. The average molecular weight is 191 g/mol. The van der Waals surface area contributed by atoms with E-state index in [1.165, 1.54) is 27.1 Å². The predicted octanol–water partition coefficient (Wildman–Crippen LogP) is 4.10. The topological polar surface area (TPSA) is 0 Å². The minimum Gasteiger partial charge on any atom is -0.0616 e. The Hall–Kier alpha value is -1.82. The van der Waals surface area contributed by atoms with Crippen LogP contribution >= 0.6 is 0 Å². The maximum Gasteiger partial charge on any atom is -0.00695 e. The Kier molecular flexibility index (Phi) is 1.75. The van der Waals surface area contributed by atoms with Crippen molar-refractivity contribution >= 4 is 21.5 Å². The Morgan fingerprint density at radius 3 is 2.67 bits per heavy atom. The van der Waals surface area contributed by atoms with Crippen molar-refractivity contribution in [2.24, 2.45) is 0 Å². The monoisotopic (exact) mass is 191 g/mol. The molecule has 3 aromatic carbocycles. The summed E-state index contributed by atoms with van der Waals surface area (Å²) >= 11 is 0. The number of rotatable bonds is 0. The summed E-state index contributed by atoms with van der Waals surface area (Å²) in [4.78, 5) is 0. The SMILES string of the molecule is Cc1c2[c]cccc2cc2ccccc12. The van der Waals surface area contributed by atoms with E-state index in [0.717, 1.165) is 0 Å². The van der Waals surface area contributed by atoms with Crippen molar-refractivity contribution < 1.29 is 0 Å². The van der Waals surface area contributed by atoms with Crippen molar-refractivity contribution in [3.05, 3.63) is 60.2 Å². The Labute approximate surface area is 89.2 Å². The fraction of sp³-hybridized carbons (Fsp3) is 0.0667. The molecule has 0 heterocycles. The van der Waals surface area contributed by atoms with E-state index in [1.54, 1.807) is 0 Å². The van der Waals surface area contributed by atoms with Crippen molar-refractivity contribution in [3.8, 4) is 0 Å². The van der Waals surface area contributed by atoms with Gasteiger partial charge in [0.1, 0.15) is 0 Å². The van der Waals surface area contributed by atoms with Crippen LogP contribution in [0.25, 0.3) is 21.5 Å². The first-order chi connectivity index (χ1) is 7.36. The quantitative estimate of drug-likeness (QED) is 0.469. The number of fused-ring (bicyclic) bond motifs is 2. The smallest absolute Gasteiger partial charge is 0.00695 e. The van der Waals surface area contributed by atoms with Gasteiger partial charge in [0.15, 0.2) is 0 Å². The van der Waals surface area contributed by atoms with E-state index in [9.17, 15) is 0 Å². The summed E-state index contributed by atoms with van der Waals surface area (Å²) in [5.41, 5.74) is 1.32. The third-order valence-electron chi connectivity index (χ3n) is 2.94. The van der Waals surface area contributed by atoms with Crippen LogP contribution in [0.3, 0.4) is 0 Å². The molecule has 0 saturated carbocycles. The molecule has 1 radical (unpaired) electrons. The molecule has 0 heteroatoms. The maximum absolute atomic E-state index is 3.31. The summed E-state index contributed by atoms with van der Waals surface area (Å²) in [6, 6.07) is 20.2. The van der Waals surface area contributed by atoms with Crippen LogP contribution in [-0.4, -0.2) is 0 Å². The normalized spacial score (nSPS) is 11.0. The molecule has 3 aromatic rings. The predicted molar refractivity (Wildman–Crippen MR) is 65.0 cm³/mol. The second-order valence-corrected chi connectivity index (χ2v) is 3.86. The van der Waals surface area contributed by atoms with Crippen molar-refractivity contribution in [2.75, 3.05) is 0 Å². The molecule has 0 aliphatic carbocycles. The van der Waals surface area contributed by atoms with Gasteiger partial charge in [-0.05, 0) is 46.2 Å². The average Bonchev–Trinajstić information content (AvgIpc) is 2.30. The van der Waals surface area contributed by atoms with Gasteiger partial charge in [-0.3, -0.25) is 0 Å². The van der Waals surface area contributed by atoms with Gasteiger partial charge in [-0.2, -0.15) is 0 Å². The maximum atomic E-state index is 3.31. The second-order valence-electron chi connectivity index (χ2n) is 3.86. The summed E-state index contributed by atoms with van der Waals surface area (Å²) in [5.74, 6) is 0. The van der Waals surface area contributed by atoms with Crippen LogP contribution in [0.1, 0.15) is 5.56 Å². The van der Waals surface area contributed by atoms with Crippen molar-refractivity contribution in [1.82, 2.24) is 0 Å². The highest BCUT2D eigenvalue weighted by Gasteiger charge is 2.01. The lowest BCUT2D eigenvalue weighted by Gasteiger charge is -2.06. The van der Waals surface area contributed by atoms with Gasteiger partial charge in [0.25, 0.3) is 0 Å². The van der Waals surface area contributed by atoms with Crippen LogP contribution in [0.15, 0.2) is 48.5 Å². The molecule has 3 rings (SSSR count). The largest absolute Gasteiger partial charge is 0.0616 e. The zero-order valence-electron chi connectivity index (χ0n) is 8.62. The molecule has 0 aromatic heterocycles. The van der Waals surface area contributed by atoms with Gasteiger partial charge in [0.05, 0.1) is 0 Å². The Balaban J connectivity index is 2.60. The molecular weight excluding hydrogens is 180 g/mol. The van der Waals surface area contributed by atoms with Crippen molar-refractivity contribution in [3.63, 3.8) is 0 Å². The molecule has 0 fully saturated rings. The first-order valence-electron chi connectivity index (χ1n) is 5.15. The molecule has 0 unspecified atom stereocenters. The Morgan fingerprint density at radius 1 is 0.933 bits per heavy atom. The molecule has 71 valence electrons. The molecular formula is C15H11. The lowest BCUT2D eigenvalue weighted by Crippen LogP contribution is -1.82. The van der Waals surface area contributed by atoms with Crippen LogP contribution < -0.4 is 0 Å². The molecule has 0 aliphatic rings. The highest BCUT2D eigenvalue weighted by Crippen LogP contribution is 2.26. The summed E-state index contributed by atoms with van der Waals surface area (Å²) in [5, 5.41) is 5.14. The van der Waals surface area contributed by atoms with Crippen molar-refractivity contribution in [1.29, 1.82) is 0 Å². The molecule has 0 N–H and O–H groups in total. The molecule has 0 aliphatic heterocycles. The van der Waals surface area contributed by atoms with Crippen LogP contribution in [0.5, 0.6) is 0 Å². The van der Waals surface area contributed by atoms with Gasteiger partial charge in [0, 0.05) is 0 Å². The lowest BCUT2D eigenvalue weighted by atomic mass is 9.98. The Morgan fingerprint density at radius 2 is 1.73 bits per heavy atom. The van der Waals surface area contributed by atoms with E-state index in [-0.39, 0.29) is 0 Å². The van der Waals surface area contributed by atoms with Crippen LogP contribution in [0.2, 0.25) is 0 Å². The van der Waals surface area contributed by atoms with E-state index in [2.05, 4.69) is 49.4 Å². The van der Waals surface area contributed by atoms with Gasteiger partial charge in [-0.1, -0.05) is 42.5 Å². The number of hydrogen-bond acceptors (Lipinski definition) is 0. The fourth-order valence-corrected chi connectivity index (χ4v) is 2.16. The van der Waals surface area contributed by atoms with Crippen LogP contribution in [0, 0.1) is 13.0 Å². The highest BCUT2D eigenvalue weighted by atomic mass is 14.1. The molecule has 0 saturated heterocycles. The zero-order chi connectivity index (χ0) is 10.3. The van der Waals surface area contributed by atoms with E-state index < -0.39 is 0 Å².